The quantitative estimate of drug-likeness (QED) is 0.512. The molecule has 0 aliphatic heterocycles. The van der Waals surface area contributed by atoms with Crippen LogP contribution in [0.4, 0.5) is 4.39 Å². The molecule has 2 aromatic carbocycles. The van der Waals surface area contributed by atoms with Crippen LogP contribution in [0.5, 0.6) is 0 Å². The van der Waals surface area contributed by atoms with Crippen molar-refractivity contribution in [3.63, 3.8) is 0 Å². The lowest BCUT2D eigenvalue weighted by atomic mass is 10.1. The van der Waals surface area contributed by atoms with Gasteiger partial charge in [-0.15, -0.1) is 0 Å². The maximum absolute atomic E-state index is 14.5. The van der Waals surface area contributed by atoms with Crippen molar-refractivity contribution in [2.75, 3.05) is 13.7 Å². The number of methoxy groups -OCH3 is 1. The van der Waals surface area contributed by atoms with Crippen molar-refractivity contribution in [2.45, 2.75) is 6.54 Å². The van der Waals surface area contributed by atoms with Gasteiger partial charge in [0, 0.05) is 19.5 Å². The van der Waals surface area contributed by atoms with Crippen molar-refractivity contribution < 1.29 is 9.13 Å². The molecule has 0 amide bonds. The van der Waals surface area contributed by atoms with E-state index in [-0.39, 0.29) is 41.0 Å². The Morgan fingerprint density at radius 3 is 2.54 bits per heavy atom. The molecule has 0 aliphatic rings. The summed E-state index contributed by atoms with van der Waals surface area (Å²) in [4.78, 5) is 30.9. The minimum Gasteiger partial charge on any atom is -0.383 e. The first kappa shape index (κ1) is 18.1. The van der Waals surface area contributed by atoms with Crippen molar-refractivity contribution in [3.8, 4) is 11.4 Å². The van der Waals surface area contributed by atoms with E-state index in [0.717, 1.165) is 0 Å². The molecule has 0 radical (unpaired) electrons. The Kier molecular flexibility index (Phi) is 4.52. The Hall–Kier alpha value is -3.32. The fraction of sp³-hybridized carbons (Fsp3) is 0.190. The third-order valence-electron chi connectivity index (χ3n) is 4.84. The molecule has 4 aromatic rings. The van der Waals surface area contributed by atoms with Crippen molar-refractivity contribution in [3.05, 3.63) is 74.9 Å². The molecular weight excluding hydrogens is 361 g/mol. The van der Waals surface area contributed by atoms with Gasteiger partial charge in [-0.3, -0.25) is 14.2 Å². The minimum absolute atomic E-state index is 0.0163. The number of benzene rings is 2. The van der Waals surface area contributed by atoms with Gasteiger partial charge in [0.25, 0.3) is 5.56 Å². The van der Waals surface area contributed by atoms with Gasteiger partial charge in [-0.05, 0) is 24.3 Å². The van der Waals surface area contributed by atoms with Gasteiger partial charge in [-0.25, -0.2) is 9.37 Å². The average Bonchev–Trinajstić information content (AvgIpc) is 2.71. The molecule has 0 spiro atoms. The SMILES string of the molecule is COCCn1c(-c2ccccc2F)nc2c(c(=O)c3ccccc3n2C)c1=O. The van der Waals surface area contributed by atoms with Crippen LogP contribution < -0.4 is 11.0 Å². The van der Waals surface area contributed by atoms with Crippen molar-refractivity contribution >= 4 is 21.9 Å². The molecule has 0 unspecified atom stereocenters. The van der Waals surface area contributed by atoms with Gasteiger partial charge in [0.2, 0.25) is 5.43 Å². The first-order valence-electron chi connectivity index (χ1n) is 8.80. The number of hydrogen-bond acceptors (Lipinski definition) is 4. The second-order valence-corrected chi connectivity index (χ2v) is 6.47. The molecule has 2 aromatic heterocycles. The Balaban J connectivity index is 2.19. The molecule has 28 heavy (non-hydrogen) atoms. The second-order valence-electron chi connectivity index (χ2n) is 6.47. The first-order valence-corrected chi connectivity index (χ1v) is 8.80. The normalized spacial score (nSPS) is 11.4. The van der Waals surface area contributed by atoms with E-state index in [4.69, 9.17) is 4.74 Å². The van der Waals surface area contributed by atoms with E-state index in [2.05, 4.69) is 4.98 Å². The first-order chi connectivity index (χ1) is 13.5. The van der Waals surface area contributed by atoms with E-state index >= 15 is 0 Å². The fourth-order valence-corrected chi connectivity index (χ4v) is 3.43. The van der Waals surface area contributed by atoms with E-state index < -0.39 is 11.4 Å². The van der Waals surface area contributed by atoms with Crippen LogP contribution in [0.15, 0.2) is 58.1 Å². The summed E-state index contributed by atoms with van der Waals surface area (Å²) in [5, 5.41) is 0.422. The number of pyridine rings is 1. The third kappa shape index (κ3) is 2.71. The molecule has 7 heteroatoms. The molecular formula is C21H18FN3O3. The largest absolute Gasteiger partial charge is 0.383 e. The second kappa shape index (κ2) is 7.01. The maximum atomic E-state index is 14.5. The van der Waals surface area contributed by atoms with Gasteiger partial charge in [-0.1, -0.05) is 24.3 Å². The Labute approximate surface area is 159 Å². The lowest BCUT2D eigenvalue weighted by Crippen LogP contribution is -2.30. The highest BCUT2D eigenvalue weighted by Gasteiger charge is 2.20. The van der Waals surface area contributed by atoms with Crippen LogP contribution >= 0.6 is 0 Å². The van der Waals surface area contributed by atoms with E-state index in [0.29, 0.717) is 10.9 Å². The smallest absolute Gasteiger partial charge is 0.267 e. The highest BCUT2D eigenvalue weighted by atomic mass is 19.1. The zero-order chi connectivity index (χ0) is 19.8. The number of rotatable bonds is 4. The summed E-state index contributed by atoms with van der Waals surface area (Å²) in [6.45, 7) is 0.375. The molecule has 0 N–H and O–H groups in total. The van der Waals surface area contributed by atoms with Gasteiger partial charge in [-0.2, -0.15) is 0 Å². The topological polar surface area (TPSA) is 66.1 Å². The Bertz CT molecular complexity index is 1320. The number of nitrogens with zero attached hydrogens (tertiary/aromatic N) is 3. The van der Waals surface area contributed by atoms with Crippen molar-refractivity contribution in [1.29, 1.82) is 0 Å². The molecule has 0 saturated heterocycles. The summed E-state index contributed by atoms with van der Waals surface area (Å²) in [5.74, 6) is -0.330. The zero-order valence-electron chi connectivity index (χ0n) is 15.5. The van der Waals surface area contributed by atoms with E-state index in [1.54, 1.807) is 48.0 Å². The highest BCUT2D eigenvalue weighted by Crippen LogP contribution is 2.22. The molecule has 4 rings (SSSR count). The number of para-hydroxylation sites is 1. The summed E-state index contributed by atoms with van der Waals surface area (Å²) in [5.41, 5.74) is 0.180. The summed E-state index contributed by atoms with van der Waals surface area (Å²) in [7, 11) is 3.25. The number of fused-ring (bicyclic) bond motifs is 2. The maximum Gasteiger partial charge on any atom is 0.267 e. The number of ether oxygens (including phenoxy) is 1. The summed E-state index contributed by atoms with van der Waals surface area (Å²) in [6.07, 6.45) is 0. The molecule has 0 atom stereocenters. The standard InChI is InChI=1S/C21H18FN3O3/c1-24-16-10-6-4-8-14(16)18(26)17-20(24)23-19(13-7-3-5-9-15(13)22)25(21(17)27)11-12-28-2/h3-10H,11-12H2,1-2H3. The monoisotopic (exact) mass is 379 g/mol. The molecule has 0 aliphatic carbocycles. The summed E-state index contributed by atoms with van der Waals surface area (Å²) in [6, 6.07) is 13.1. The predicted molar refractivity (Wildman–Crippen MR) is 106 cm³/mol. The number of aromatic nitrogens is 3. The predicted octanol–water partition coefficient (Wildman–Crippen LogP) is 2.70. The van der Waals surface area contributed by atoms with Crippen LogP contribution in [-0.2, 0) is 18.3 Å². The summed E-state index contributed by atoms with van der Waals surface area (Å²) >= 11 is 0. The van der Waals surface area contributed by atoms with Crippen LogP contribution in [0.25, 0.3) is 33.3 Å². The molecule has 6 nitrogen and oxygen atoms in total. The lowest BCUT2D eigenvalue weighted by molar-refractivity contribution is 0.186. The zero-order valence-corrected chi connectivity index (χ0v) is 15.5. The Morgan fingerprint density at radius 1 is 1.07 bits per heavy atom. The highest BCUT2D eigenvalue weighted by molar-refractivity contribution is 5.91. The molecule has 0 bridgehead atoms. The fourth-order valence-electron chi connectivity index (χ4n) is 3.43. The van der Waals surface area contributed by atoms with Gasteiger partial charge in [0.05, 0.1) is 24.2 Å². The minimum atomic E-state index is -0.508. The molecule has 0 fully saturated rings. The molecule has 2 heterocycles. The average molecular weight is 379 g/mol. The van der Waals surface area contributed by atoms with E-state index in [9.17, 15) is 14.0 Å². The third-order valence-corrected chi connectivity index (χ3v) is 4.84. The van der Waals surface area contributed by atoms with Gasteiger partial charge in [0.1, 0.15) is 17.0 Å². The van der Waals surface area contributed by atoms with Crippen LogP contribution in [0.3, 0.4) is 0 Å². The van der Waals surface area contributed by atoms with E-state index in [1.165, 1.54) is 17.7 Å². The number of aryl methyl sites for hydroxylation is 1. The summed E-state index contributed by atoms with van der Waals surface area (Å²) < 4.78 is 22.6. The van der Waals surface area contributed by atoms with Gasteiger partial charge < -0.3 is 9.30 Å². The Morgan fingerprint density at radius 2 is 1.79 bits per heavy atom. The lowest BCUT2D eigenvalue weighted by Gasteiger charge is -2.16. The van der Waals surface area contributed by atoms with Crippen LogP contribution in [0, 0.1) is 5.82 Å². The van der Waals surface area contributed by atoms with Crippen LogP contribution in [0.1, 0.15) is 0 Å². The van der Waals surface area contributed by atoms with Crippen LogP contribution in [-0.4, -0.2) is 27.8 Å². The molecule has 0 saturated carbocycles. The van der Waals surface area contributed by atoms with E-state index in [1.807, 2.05) is 6.07 Å². The van der Waals surface area contributed by atoms with Gasteiger partial charge >= 0.3 is 0 Å². The molecule has 142 valence electrons. The number of halogens is 1. The van der Waals surface area contributed by atoms with Crippen molar-refractivity contribution in [1.82, 2.24) is 14.1 Å². The van der Waals surface area contributed by atoms with Crippen molar-refractivity contribution in [2.24, 2.45) is 7.05 Å². The van der Waals surface area contributed by atoms with Crippen LogP contribution in [0.2, 0.25) is 0 Å². The van der Waals surface area contributed by atoms with Gasteiger partial charge in [0.15, 0.2) is 5.65 Å². The number of hydrogen-bond donors (Lipinski definition) is 0.